The van der Waals surface area contributed by atoms with E-state index in [2.05, 4.69) is 31.2 Å². The van der Waals surface area contributed by atoms with Gasteiger partial charge in [-0.3, -0.25) is 14.1 Å². The molecule has 3 N–H and O–H groups in total. The van der Waals surface area contributed by atoms with Crippen molar-refractivity contribution in [1.29, 1.82) is 0 Å². The molecule has 0 spiro atoms. The summed E-state index contributed by atoms with van der Waals surface area (Å²) in [5.41, 5.74) is 1.63. The van der Waals surface area contributed by atoms with Gasteiger partial charge in [0, 0.05) is 0 Å². The molecule has 0 bridgehead atoms. The fraction of sp³-hybridized carbons (Fsp3) is 0.667. The number of hydrogen-bond donors (Lipinski definition) is 3. The molecular formula is C24H39KO7S. The molecule has 0 aliphatic carbocycles. The topological polar surface area (TPSA) is 129 Å². The Morgan fingerprint density at radius 2 is 1.30 bits per heavy atom. The third-order valence-electron chi connectivity index (χ3n) is 5.56. The summed E-state index contributed by atoms with van der Waals surface area (Å²) in [5, 5.41) is 13.9. The molecule has 0 amide bonds. The van der Waals surface area contributed by atoms with Gasteiger partial charge in [0.25, 0.3) is 10.1 Å². The molecule has 184 valence electrons. The Balaban J connectivity index is 0.000000728. The van der Waals surface area contributed by atoms with Crippen molar-refractivity contribution in [1.82, 2.24) is 0 Å². The Kier molecular flexibility index (Phi) is 19.8. The largest absolute Gasteiger partial charge is 0.481 e. The summed E-state index contributed by atoms with van der Waals surface area (Å²) < 4.78 is 30.3. The number of aryl methyl sites for hydroxylation is 1. The number of carbonyl (C=O) groups is 2. The van der Waals surface area contributed by atoms with E-state index in [0.717, 1.165) is 49.0 Å². The van der Waals surface area contributed by atoms with Crippen LogP contribution >= 0.6 is 0 Å². The molecule has 1 atom stereocenters. The molecule has 33 heavy (non-hydrogen) atoms. The van der Waals surface area contributed by atoms with Crippen LogP contribution in [0.15, 0.2) is 24.3 Å². The van der Waals surface area contributed by atoms with Crippen LogP contribution in [0.5, 0.6) is 0 Å². The second-order valence-electron chi connectivity index (χ2n) is 8.51. The van der Waals surface area contributed by atoms with Gasteiger partial charge >= 0.3 is 155 Å². The van der Waals surface area contributed by atoms with Crippen molar-refractivity contribution in [3.05, 3.63) is 29.8 Å². The molecular weight excluding hydrogens is 471 g/mol. The number of rotatable bonds is 17. The number of carboxylic acid groups (broad SMARTS) is 2. The Morgan fingerprint density at radius 3 is 1.67 bits per heavy atom. The van der Waals surface area contributed by atoms with E-state index in [9.17, 15) is 18.0 Å². The molecule has 0 aliphatic heterocycles. The van der Waals surface area contributed by atoms with Gasteiger partial charge in [0.05, 0.1) is 6.42 Å². The predicted molar refractivity (Wildman–Crippen MR) is 132 cm³/mol. The van der Waals surface area contributed by atoms with Crippen LogP contribution in [0, 0.1) is 0 Å². The Morgan fingerprint density at radius 1 is 0.848 bits per heavy atom. The minimum absolute atomic E-state index is 0.834. The molecule has 0 aromatic heterocycles. The van der Waals surface area contributed by atoms with Crippen molar-refractivity contribution in [3.63, 3.8) is 0 Å². The third-order valence-corrected chi connectivity index (χ3v) is 8.17. The number of benzene rings is 1. The van der Waals surface area contributed by atoms with E-state index in [1.807, 2.05) is 0 Å². The van der Waals surface area contributed by atoms with Crippen molar-refractivity contribution in [2.75, 3.05) is 0 Å². The van der Waals surface area contributed by atoms with Crippen molar-refractivity contribution >= 4 is 70.7 Å². The van der Waals surface area contributed by atoms with E-state index in [0.29, 0.717) is 0 Å². The van der Waals surface area contributed by atoms with Crippen LogP contribution in [0.1, 0.15) is 96.0 Å². The summed E-state index contributed by atoms with van der Waals surface area (Å²) in [6.45, 7) is 2.29. The maximum Gasteiger partial charge on any atom is 0.325 e. The van der Waals surface area contributed by atoms with Crippen LogP contribution in [-0.4, -0.2) is 89.3 Å². The third kappa shape index (κ3) is 18.7. The Bertz CT molecular complexity index is 781. The maximum atomic E-state index is 10.2. The van der Waals surface area contributed by atoms with Crippen molar-refractivity contribution in [3.8, 4) is 0 Å². The van der Waals surface area contributed by atoms with Crippen molar-refractivity contribution < 1.29 is 32.8 Å². The minimum Gasteiger partial charge on any atom is -0.481 e. The first kappa shape index (κ1) is 32.7. The average molecular weight is 511 g/mol. The van der Waals surface area contributed by atoms with E-state index in [1.165, 1.54) is 83.5 Å². The molecule has 0 radical (unpaired) electrons. The zero-order chi connectivity index (χ0) is 25.1. The second-order valence-corrected chi connectivity index (χ2v) is 11.8. The first-order valence-corrected chi connectivity index (χ1v) is 15.1. The molecule has 1 rings (SSSR count). The minimum atomic E-state index is -4.84. The summed E-state index contributed by atoms with van der Waals surface area (Å²) in [5.74, 6) is -3.50. The smallest absolute Gasteiger partial charge is 0.325 e. The fourth-order valence-corrected chi connectivity index (χ4v) is 5.08. The van der Waals surface area contributed by atoms with E-state index in [-0.39, 0.29) is 0 Å². The molecule has 1 aromatic rings. The van der Waals surface area contributed by atoms with Crippen LogP contribution in [0.4, 0.5) is 0 Å². The summed E-state index contributed by atoms with van der Waals surface area (Å²) in [7, 11) is -4.84. The van der Waals surface area contributed by atoms with E-state index < -0.39 is 33.7 Å². The van der Waals surface area contributed by atoms with E-state index >= 15 is 0 Å². The van der Waals surface area contributed by atoms with Gasteiger partial charge in [-0.05, 0) is 0 Å². The summed E-state index contributed by atoms with van der Waals surface area (Å²) in [4.78, 5) is 20.0. The van der Waals surface area contributed by atoms with Gasteiger partial charge in [-0.25, -0.2) is 0 Å². The Hall–Kier alpha value is -0.294. The van der Waals surface area contributed by atoms with E-state index in [4.69, 9.17) is 14.8 Å². The van der Waals surface area contributed by atoms with Gasteiger partial charge in [0.1, 0.15) is 0 Å². The van der Waals surface area contributed by atoms with Crippen LogP contribution < -0.4 is -0.342 Å². The van der Waals surface area contributed by atoms with Gasteiger partial charge < -0.3 is 10.2 Å². The zero-order valence-electron chi connectivity index (χ0n) is 20.2. The second kappa shape index (κ2) is 20.0. The van der Waals surface area contributed by atoms with Gasteiger partial charge in [0.15, 0.2) is 5.25 Å². The molecule has 0 aliphatic rings. The number of unbranched alkanes of at least 4 members (excludes halogenated alkanes) is 11. The Labute approximate surface area is 233 Å². The maximum absolute atomic E-state index is 10.2. The predicted octanol–water partition coefficient (Wildman–Crippen LogP) is 4.53. The normalized spacial score (nSPS) is 12.0. The van der Waals surface area contributed by atoms with Crippen LogP contribution in [0.3, 0.4) is 0 Å². The number of hydrogen-bond acceptors (Lipinski definition) is 4. The summed E-state index contributed by atoms with van der Waals surface area (Å²) >= 11 is 0.834. The van der Waals surface area contributed by atoms with Crippen LogP contribution in [0.2, 0.25) is 0 Å². The molecule has 1 aromatic carbocycles. The molecule has 0 saturated heterocycles. The molecule has 1 unspecified atom stereocenters. The number of carboxylic acids is 2. The number of aliphatic carboxylic acids is 2. The first-order valence-electron chi connectivity index (χ1n) is 12.0. The monoisotopic (exact) mass is 510 g/mol. The van der Waals surface area contributed by atoms with Crippen LogP contribution in [-0.2, 0) is 26.1 Å². The molecule has 0 saturated carbocycles. The SMILES string of the molecule is CCCCCCCCCCCCCCc1cccc[c]1[K].O=C(O)CC(C(=O)O)S(=O)(=O)O. The van der Waals surface area contributed by atoms with Gasteiger partial charge in [-0.2, -0.15) is 8.42 Å². The first-order chi connectivity index (χ1) is 15.6. The van der Waals surface area contributed by atoms with Crippen molar-refractivity contribution in [2.24, 2.45) is 0 Å². The molecule has 7 nitrogen and oxygen atoms in total. The molecule has 0 heterocycles. The molecule has 9 heteroatoms. The summed E-state index contributed by atoms with van der Waals surface area (Å²) in [6.07, 6.45) is 17.5. The van der Waals surface area contributed by atoms with Gasteiger partial charge in [0.2, 0.25) is 0 Å². The fourth-order valence-electron chi connectivity index (χ4n) is 3.53. The van der Waals surface area contributed by atoms with Gasteiger partial charge in [-0.1, -0.05) is 26.2 Å². The standard InChI is InChI=1S/C20H33.C4H6O7S.K/c1-2-3-4-5-6-7-8-9-10-11-12-14-17-20-18-15-13-16-19-20;5-3(6)1-2(4(7)8)12(9,10)11;/h13,15-16,18H,2-12,14,17H2,1H3;2H,1H2,(H,5,6)(H,7,8)(H,9,10,11);. The summed E-state index contributed by atoms with van der Waals surface area (Å²) in [6, 6.07) is 9.03. The van der Waals surface area contributed by atoms with Crippen LogP contribution in [0.25, 0.3) is 0 Å². The average Bonchev–Trinajstić information content (AvgIpc) is 2.73. The molecule has 0 fully saturated rings. The van der Waals surface area contributed by atoms with Gasteiger partial charge in [-0.15, -0.1) is 0 Å². The zero-order valence-corrected chi connectivity index (χ0v) is 24.1. The van der Waals surface area contributed by atoms with Crippen molar-refractivity contribution in [2.45, 2.75) is 102 Å². The quantitative estimate of drug-likeness (QED) is 0.160. The van der Waals surface area contributed by atoms with E-state index in [1.54, 1.807) is 5.22 Å².